The Bertz CT molecular complexity index is 370. The molecule has 5 heteroatoms. The Balaban J connectivity index is 2.92. The maximum absolute atomic E-state index is 11.4. The van der Waals surface area contributed by atoms with Crippen molar-refractivity contribution in [3.8, 4) is 0 Å². The number of aromatic nitrogens is 2. The van der Waals surface area contributed by atoms with Crippen LogP contribution in [0.15, 0.2) is 4.79 Å². The average molecular weight is 196 g/mol. The largest absolute Gasteiger partial charge is 0.383 e. The minimum atomic E-state index is -0.226. The van der Waals surface area contributed by atoms with Gasteiger partial charge in [-0.25, -0.2) is 0 Å². The predicted octanol–water partition coefficient (Wildman–Crippen LogP) is 0.523. The Morgan fingerprint density at radius 2 is 2.07 bits per heavy atom. The second-order valence-corrected chi connectivity index (χ2v) is 3.75. The van der Waals surface area contributed by atoms with E-state index in [1.165, 1.54) is 0 Å². The van der Waals surface area contributed by atoms with Gasteiger partial charge in [0.15, 0.2) is 0 Å². The molecule has 0 radical (unpaired) electrons. The molecule has 14 heavy (non-hydrogen) atoms. The highest BCUT2D eigenvalue weighted by Crippen LogP contribution is 2.10. The van der Waals surface area contributed by atoms with Gasteiger partial charge in [-0.2, -0.15) is 4.98 Å². The first-order valence-electron chi connectivity index (χ1n) is 4.65. The first-order chi connectivity index (χ1) is 6.50. The number of hydrogen-bond acceptors (Lipinski definition) is 4. The summed E-state index contributed by atoms with van der Waals surface area (Å²) in [4.78, 5) is 17.7. The van der Waals surface area contributed by atoms with Crippen molar-refractivity contribution in [1.29, 1.82) is 0 Å². The Morgan fingerprint density at radius 1 is 1.43 bits per heavy atom. The van der Waals surface area contributed by atoms with Gasteiger partial charge in [-0.15, -0.1) is 0 Å². The zero-order valence-electron chi connectivity index (χ0n) is 8.50. The number of rotatable bonds is 3. The van der Waals surface area contributed by atoms with Crippen molar-refractivity contribution in [3.63, 3.8) is 0 Å². The summed E-state index contributed by atoms with van der Waals surface area (Å²) in [5.41, 5.74) is 11.2. The third-order valence-corrected chi connectivity index (χ3v) is 2.04. The van der Waals surface area contributed by atoms with Crippen LogP contribution in [0, 0.1) is 5.92 Å². The molecule has 78 valence electrons. The molecule has 1 rings (SSSR count). The lowest BCUT2D eigenvalue weighted by Crippen LogP contribution is -2.19. The van der Waals surface area contributed by atoms with Crippen molar-refractivity contribution in [2.45, 2.75) is 26.7 Å². The van der Waals surface area contributed by atoms with Crippen LogP contribution in [-0.4, -0.2) is 9.97 Å². The Morgan fingerprint density at radius 3 is 2.57 bits per heavy atom. The lowest BCUT2D eigenvalue weighted by molar-refractivity contribution is 0.584. The van der Waals surface area contributed by atoms with E-state index in [0.717, 1.165) is 6.42 Å². The molecule has 0 aliphatic heterocycles. The van der Waals surface area contributed by atoms with Gasteiger partial charge in [-0.1, -0.05) is 13.8 Å². The highest BCUT2D eigenvalue weighted by atomic mass is 16.1. The molecular formula is C9H16N4O. The molecule has 0 bridgehead atoms. The van der Waals surface area contributed by atoms with Gasteiger partial charge < -0.3 is 11.5 Å². The first kappa shape index (κ1) is 10.6. The number of anilines is 2. The summed E-state index contributed by atoms with van der Waals surface area (Å²) in [6.07, 6.45) is 1.56. The molecule has 1 heterocycles. The summed E-state index contributed by atoms with van der Waals surface area (Å²) in [5, 5.41) is 0. The fourth-order valence-electron chi connectivity index (χ4n) is 1.21. The topological polar surface area (TPSA) is 97.8 Å². The van der Waals surface area contributed by atoms with Gasteiger partial charge in [0.2, 0.25) is 5.95 Å². The van der Waals surface area contributed by atoms with Crippen molar-refractivity contribution in [2.75, 3.05) is 11.5 Å². The molecule has 5 nitrogen and oxygen atoms in total. The van der Waals surface area contributed by atoms with Gasteiger partial charge in [0.05, 0.1) is 5.56 Å². The van der Waals surface area contributed by atoms with Gasteiger partial charge in [0, 0.05) is 0 Å². The lowest BCUT2D eigenvalue weighted by atomic mass is 10.0. The van der Waals surface area contributed by atoms with Crippen molar-refractivity contribution in [1.82, 2.24) is 9.97 Å². The summed E-state index contributed by atoms with van der Waals surface area (Å²) >= 11 is 0. The van der Waals surface area contributed by atoms with Crippen LogP contribution in [0.2, 0.25) is 0 Å². The molecule has 0 fully saturated rings. The van der Waals surface area contributed by atoms with Gasteiger partial charge in [-0.05, 0) is 18.8 Å². The maximum atomic E-state index is 11.4. The minimum absolute atomic E-state index is 0.0702. The highest BCUT2D eigenvalue weighted by molar-refractivity contribution is 5.41. The zero-order chi connectivity index (χ0) is 10.7. The minimum Gasteiger partial charge on any atom is -0.383 e. The van der Waals surface area contributed by atoms with E-state index in [0.29, 0.717) is 17.9 Å². The number of nitrogens with zero attached hydrogens (tertiary/aromatic N) is 1. The summed E-state index contributed by atoms with van der Waals surface area (Å²) < 4.78 is 0. The van der Waals surface area contributed by atoms with E-state index < -0.39 is 0 Å². The van der Waals surface area contributed by atoms with Gasteiger partial charge in [-0.3, -0.25) is 9.78 Å². The fourth-order valence-corrected chi connectivity index (χ4v) is 1.21. The van der Waals surface area contributed by atoms with E-state index in [-0.39, 0.29) is 17.3 Å². The molecule has 0 saturated heterocycles. The van der Waals surface area contributed by atoms with Crippen LogP contribution >= 0.6 is 0 Å². The molecule has 0 aliphatic rings. The number of nitrogens with two attached hydrogens (primary N) is 2. The van der Waals surface area contributed by atoms with E-state index in [1.807, 2.05) is 0 Å². The SMILES string of the molecule is CC(C)CCc1c(N)nc(N)[nH]c1=O. The zero-order valence-corrected chi connectivity index (χ0v) is 8.50. The van der Waals surface area contributed by atoms with Crippen molar-refractivity contribution in [2.24, 2.45) is 5.92 Å². The molecule has 0 unspecified atom stereocenters. The molecule has 5 N–H and O–H groups in total. The molecule has 0 atom stereocenters. The molecule has 0 aromatic carbocycles. The quantitative estimate of drug-likeness (QED) is 0.656. The molecule has 1 aromatic heterocycles. The van der Waals surface area contributed by atoms with Gasteiger partial charge in [0.25, 0.3) is 5.56 Å². The Kier molecular flexibility index (Phi) is 3.11. The summed E-state index contributed by atoms with van der Waals surface area (Å²) in [6, 6.07) is 0. The van der Waals surface area contributed by atoms with Crippen molar-refractivity contribution < 1.29 is 0 Å². The number of H-pyrrole nitrogens is 1. The summed E-state index contributed by atoms with van der Waals surface area (Å²) in [6.45, 7) is 4.18. The first-order valence-corrected chi connectivity index (χ1v) is 4.65. The summed E-state index contributed by atoms with van der Waals surface area (Å²) in [5.74, 6) is 0.846. The van der Waals surface area contributed by atoms with Crippen LogP contribution < -0.4 is 17.0 Å². The third-order valence-electron chi connectivity index (χ3n) is 2.04. The number of nitrogens with one attached hydrogen (secondary N) is 1. The standard InChI is InChI=1S/C9H16N4O/c1-5(2)3-4-6-7(10)12-9(11)13-8(6)14/h5H,3-4H2,1-2H3,(H5,10,11,12,13,14). The Hall–Kier alpha value is -1.52. The van der Waals surface area contributed by atoms with Crippen molar-refractivity contribution >= 4 is 11.8 Å². The predicted molar refractivity (Wildman–Crippen MR) is 56.8 cm³/mol. The molecule has 0 saturated carbocycles. The number of nitrogen functional groups attached to an aromatic ring is 2. The summed E-state index contributed by atoms with van der Waals surface area (Å²) in [7, 11) is 0. The molecular weight excluding hydrogens is 180 g/mol. The van der Waals surface area contributed by atoms with E-state index >= 15 is 0 Å². The smallest absolute Gasteiger partial charge is 0.257 e. The van der Waals surface area contributed by atoms with Crippen LogP contribution in [0.25, 0.3) is 0 Å². The third kappa shape index (κ3) is 2.48. The van der Waals surface area contributed by atoms with E-state index in [1.54, 1.807) is 0 Å². The normalized spacial score (nSPS) is 10.8. The molecule has 0 amide bonds. The van der Waals surface area contributed by atoms with Crippen LogP contribution in [-0.2, 0) is 6.42 Å². The van der Waals surface area contributed by atoms with E-state index in [4.69, 9.17) is 11.5 Å². The van der Waals surface area contributed by atoms with Gasteiger partial charge >= 0.3 is 0 Å². The number of aromatic amines is 1. The van der Waals surface area contributed by atoms with Crippen LogP contribution in [0.3, 0.4) is 0 Å². The van der Waals surface area contributed by atoms with E-state index in [2.05, 4.69) is 23.8 Å². The van der Waals surface area contributed by atoms with Crippen LogP contribution in [0.5, 0.6) is 0 Å². The van der Waals surface area contributed by atoms with Crippen molar-refractivity contribution in [3.05, 3.63) is 15.9 Å². The highest BCUT2D eigenvalue weighted by Gasteiger charge is 2.08. The Labute approximate surface area is 82.5 Å². The van der Waals surface area contributed by atoms with Gasteiger partial charge in [0.1, 0.15) is 5.82 Å². The van der Waals surface area contributed by atoms with E-state index in [9.17, 15) is 4.79 Å². The van der Waals surface area contributed by atoms with Crippen LogP contribution in [0.1, 0.15) is 25.8 Å². The molecule has 1 aromatic rings. The fraction of sp³-hybridized carbons (Fsp3) is 0.556. The second-order valence-electron chi connectivity index (χ2n) is 3.75. The maximum Gasteiger partial charge on any atom is 0.257 e. The second kappa shape index (κ2) is 4.13. The van der Waals surface area contributed by atoms with Crippen LogP contribution in [0.4, 0.5) is 11.8 Å². The lowest BCUT2D eigenvalue weighted by Gasteiger charge is -2.06. The monoisotopic (exact) mass is 196 g/mol. The number of hydrogen-bond donors (Lipinski definition) is 3. The average Bonchev–Trinajstić information content (AvgIpc) is 2.01. The molecule has 0 aliphatic carbocycles. The molecule has 0 spiro atoms.